The molecule has 2 aliphatic heterocycles. The zero-order valence-corrected chi connectivity index (χ0v) is 20.6. The standard InChI is InChI=1S/C22H37N5O.HI/c1-4-25(5-2)17-20-8-6-19(7-9-20)16-24-22(23-3)27-11-10-21(18-27)26-12-14-28-15-13-26;/h6-9,21H,4-5,10-18H2,1-3H3,(H,23,24);1H. The lowest BCUT2D eigenvalue weighted by atomic mass is 10.1. The number of ether oxygens (including phenoxy) is 1. The van der Waals surface area contributed by atoms with Crippen molar-refractivity contribution >= 4 is 29.9 Å². The van der Waals surface area contributed by atoms with Crippen LogP contribution in [0.3, 0.4) is 0 Å². The van der Waals surface area contributed by atoms with Gasteiger partial charge < -0.3 is 15.0 Å². The van der Waals surface area contributed by atoms with Crippen LogP contribution in [0.15, 0.2) is 29.3 Å². The number of guanidine groups is 1. The first-order valence-corrected chi connectivity index (χ1v) is 10.8. The molecule has 29 heavy (non-hydrogen) atoms. The van der Waals surface area contributed by atoms with Gasteiger partial charge in [0.2, 0.25) is 0 Å². The fraction of sp³-hybridized carbons (Fsp3) is 0.682. The summed E-state index contributed by atoms with van der Waals surface area (Å²) >= 11 is 0. The molecule has 0 aliphatic carbocycles. The third kappa shape index (κ3) is 7.08. The minimum Gasteiger partial charge on any atom is -0.379 e. The molecule has 1 unspecified atom stereocenters. The van der Waals surface area contributed by atoms with Gasteiger partial charge in [0.05, 0.1) is 13.2 Å². The highest BCUT2D eigenvalue weighted by atomic mass is 127. The first-order chi connectivity index (χ1) is 13.7. The van der Waals surface area contributed by atoms with Crippen LogP contribution in [0.1, 0.15) is 31.4 Å². The van der Waals surface area contributed by atoms with E-state index in [9.17, 15) is 0 Å². The lowest BCUT2D eigenvalue weighted by Gasteiger charge is -2.32. The van der Waals surface area contributed by atoms with Crippen molar-refractivity contribution < 1.29 is 4.74 Å². The summed E-state index contributed by atoms with van der Waals surface area (Å²) in [4.78, 5) is 11.9. The molecule has 3 rings (SSSR count). The van der Waals surface area contributed by atoms with E-state index in [4.69, 9.17) is 4.74 Å². The monoisotopic (exact) mass is 515 g/mol. The van der Waals surface area contributed by atoms with Crippen molar-refractivity contribution in [3.05, 3.63) is 35.4 Å². The van der Waals surface area contributed by atoms with Gasteiger partial charge in [-0.25, -0.2) is 0 Å². The first kappa shape index (κ1) is 24.4. The quantitative estimate of drug-likeness (QED) is 0.344. The number of aliphatic imine (C=N–C) groups is 1. The van der Waals surface area contributed by atoms with Crippen LogP contribution >= 0.6 is 24.0 Å². The fourth-order valence-electron chi connectivity index (χ4n) is 4.16. The molecule has 2 saturated heterocycles. The Morgan fingerprint density at radius 2 is 1.76 bits per heavy atom. The van der Waals surface area contributed by atoms with E-state index in [1.807, 2.05) is 7.05 Å². The molecule has 0 saturated carbocycles. The van der Waals surface area contributed by atoms with E-state index < -0.39 is 0 Å². The van der Waals surface area contributed by atoms with Crippen LogP contribution in [0.25, 0.3) is 0 Å². The summed E-state index contributed by atoms with van der Waals surface area (Å²) in [6.45, 7) is 14.5. The van der Waals surface area contributed by atoms with Crippen molar-refractivity contribution in [3.8, 4) is 0 Å². The molecule has 2 heterocycles. The van der Waals surface area contributed by atoms with Crippen molar-refractivity contribution in [1.82, 2.24) is 20.0 Å². The number of halogens is 1. The molecular formula is C22H38IN5O. The second kappa shape index (κ2) is 12.7. The van der Waals surface area contributed by atoms with Gasteiger partial charge in [-0.05, 0) is 30.6 Å². The van der Waals surface area contributed by atoms with E-state index in [1.54, 1.807) is 0 Å². The van der Waals surface area contributed by atoms with Gasteiger partial charge in [0, 0.05) is 52.4 Å². The first-order valence-electron chi connectivity index (χ1n) is 10.8. The molecule has 1 aromatic rings. The number of hydrogen-bond donors (Lipinski definition) is 1. The van der Waals surface area contributed by atoms with Crippen molar-refractivity contribution in [3.63, 3.8) is 0 Å². The minimum absolute atomic E-state index is 0. The molecule has 0 aromatic heterocycles. The maximum absolute atomic E-state index is 5.49. The molecule has 1 N–H and O–H groups in total. The Bertz CT molecular complexity index is 614. The fourth-order valence-corrected chi connectivity index (χ4v) is 4.16. The lowest BCUT2D eigenvalue weighted by molar-refractivity contribution is 0.0195. The summed E-state index contributed by atoms with van der Waals surface area (Å²) in [5, 5.41) is 3.56. The van der Waals surface area contributed by atoms with E-state index in [0.717, 1.165) is 71.5 Å². The van der Waals surface area contributed by atoms with E-state index in [-0.39, 0.29) is 24.0 Å². The highest BCUT2D eigenvalue weighted by Crippen LogP contribution is 2.17. The van der Waals surface area contributed by atoms with Gasteiger partial charge in [-0.3, -0.25) is 14.8 Å². The third-order valence-corrected chi connectivity index (χ3v) is 6.01. The summed E-state index contributed by atoms with van der Waals surface area (Å²) in [7, 11) is 1.89. The molecule has 1 atom stereocenters. The van der Waals surface area contributed by atoms with Gasteiger partial charge >= 0.3 is 0 Å². The van der Waals surface area contributed by atoms with Crippen LogP contribution in [-0.4, -0.2) is 86.2 Å². The highest BCUT2D eigenvalue weighted by Gasteiger charge is 2.30. The summed E-state index contributed by atoms with van der Waals surface area (Å²) < 4.78 is 5.49. The number of hydrogen-bond acceptors (Lipinski definition) is 4. The van der Waals surface area contributed by atoms with Gasteiger partial charge in [-0.1, -0.05) is 38.1 Å². The Labute approximate surface area is 193 Å². The third-order valence-electron chi connectivity index (χ3n) is 6.01. The van der Waals surface area contributed by atoms with Crippen LogP contribution in [0.5, 0.6) is 0 Å². The molecule has 0 bridgehead atoms. The summed E-state index contributed by atoms with van der Waals surface area (Å²) in [6, 6.07) is 9.60. The number of morpholine rings is 1. The maximum atomic E-state index is 5.49. The Morgan fingerprint density at radius 1 is 1.10 bits per heavy atom. The molecule has 0 radical (unpaired) electrons. The second-order valence-corrected chi connectivity index (χ2v) is 7.72. The van der Waals surface area contributed by atoms with E-state index in [1.165, 1.54) is 17.5 Å². The Morgan fingerprint density at radius 3 is 2.38 bits per heavy atom. The van der Waals surface area contributed by atoms with E-state index in [2.05, 4.69) is 63.1 Å². The summed E-state index contributed by atoms with van der Waals surface area (Å²) in [5.74, 6) is 1.02. The Balaban J connectivity index is 0.00000300. The van der Waals surface area contributed by atoms with E-state index in [0.29, 0.717) is 6.04 Å². The molecule has 164 valence electrons. The molecule has 0 amide bonds. The van der Waals surface area contributed by atoms with Crippen molar-refractivity contribution in [2.75, 3.05) is 59.5 Å². The number of nitrogens with one attached hydrogen (secondary N) is 1. The number of nitrogens with zero attached hydrogens (tertiary/aromatic N) is 4. The topological polar surface area (TPSA) is 43.3 Å². The number of likely N-dealkylation sites (tertiary alicyclic amines) is 1. The predicted molar refractivity (Wildman–Crippen MR) is 131 cm³/mol. The number of rotatable bonds is 7. The average Bonchev–Trinajstić information content (AvgIpc) is 3.24. The smallest absolute Gasteiger partial charge is 0.193 e. The molecule has 7 heteroatoms. The van der Waals surface area contributed by atoms with Gasteiger partial charge in [0.25, 0.3) is 0 Å². The Hall–Kier alpha value is -0.900. The van der Waals surface area contributed by atoms with Crippen molar-refractivity contribution in [2.24, 2.45) is 4.99 Å². The maximum Gasteiger partial charge on any atom is 0.193 e. The van der Waals surface area contributed by atoms with Crippen LogP contribution in [0, 0.1) is 0 Å². The summed E-state index contributed by atoms with van der Waals surface area (Å²) in [5.41, 5.74) is 2.68. The number of benzene rings is 1. The minimum atomic E-state index is 0. The zero-order chi connectivity index (χ0) is 19.8. The second-order valence-electron chi connectivity index (χ2n) is 7.72. The van der Waals surface area contributed by atoms with Crippen molar-refractivity contribution in [1.29, 1.82) is 0 Å². The van der Waals surface area contributed by atoms with Gasteiger partial charge in [0.1, 0.15) is 0 Å². The van der Waals surface area contributed by atoms with Gasteiger partial charge in [0.15, 0.2) is 5.96 Å². The van der Waals surface area contributed by atoms with Gasteiger partial charge in [-0.15, -0.1) is 24.0 Å². The molecule has 6 nitrogen and oxygen atoms in total. The van der Waals surface area contributed by atoms with Gasteiger partial charge in [-0.2, -0.15) is 0 Å². The average molecular weight is 515 g/mol. The van der Waals surface area contributed by atoms with Crippen molar-refractivity contribution in [2.45, 2.75) is 39.4 Å². The predicted octanol–water partition coefficient (Wildman–Crippen LogP) is 2.63. The zero-order valence-electron chi connectivity index (χ0n) is 18.3. The molecule has 0 spiro atoms. The van der Waals surface area contributed by atoms with Crippen LogP contribution < -0.4 is 5.32 Å². The Kier molecular flexibility index (Phi) is 10.7. The lowest BCUT2D eigenvalue weighted by Crippen LogP contribution is -2.46. The molecule has 1 aromatic carbocycles. The summed E-state index contributed by atoms with van der Waals surface area (Å²) in [6.07, 6.45) is 1.21. The van der Waals surface area contributed by atoms with Crippen LogP contribution in [0.4, 0.5) is 0 Å². The van der Waals surface area contributed by atoms with E-state index >= 15 is 0 Å². The molecular weight excluding hydrogens is 477 g/mol. The van der Waals surface area contributed by atoms with Crippen LogP contribution in [-0.2, 0) is 17.8 Å². The SMILES string of the molecule is CCN(CC)Cc1ccc(CNC(=NC)N2CCC(N3CCOCC3)C2)cc1.I. The highest BCUT2D eigenvalue weighted by molar-refractivity contribution is 14.0. The normalized spacial score (nSPS) is 20.8. The molecule has 2 aliphatic rings. The van der Waals surface area contributed by atoms with Crippen LogP contribution in [0.2, 0.25) is 0 Å². The largest absolute Gasteiger partial charge is 0.379 e. The molecule has 2 fully saturated rings.